The van der Waals surface area contributed by atoms with Gasteiger partial charge >= 0.3 is 5.97 Å². The Balaban J connectivity index is 2.41. The van der Waals surface area contributed by atoms with Gasteiger partial charge in [0.1, 0.15) is 6.61 Å². The summed E-state index contributed by atoms with van der Waals surface area (Å²) < 4.78 is 9.84. The van der Waals surface area contributed by atoms with Gasteiger partial charge in [0.2, 0.25) is 5.90 Å². The van der Waals surface area contributed by atoms with Crippen LogP contribution in [0.4, 0.5) is 0 Å². The topological polar surface area (TPSA) is 79.6 Å². The van der Waals surface area contributed by atoms with Crippen molar-refractivity contribution in [1.82, 2.24) is 0 Å². The van der Waals surface area contributed by atoms with Gasteiger partial charge in [0, 0.05) is 5.56 Å². The summed E-state index contributed by atoms with van der Waals surface area (Å²) in [5.41, 5.74) is 0.585. The summed E-state index contributed by atoms with van der Waals surface area (Å²) in [5, 5.41) is 17.1. The second-order valence-electron chi connectivity index (χ2n) is 4.01. The fraction of sp³-hybridized carbons (Fsp3) is 0.385. The van der Waals surface area contributed by atoms with E-state index in [1.807, 2.05) is 6.07 Å². The van der Waals surface area contributed by atoms with E-state index in [2.05, 4.69) is 0 Å². The van der Waals surface area contributed by atoms with E-state index < -0.39 is 12.1 Å². The van der Waals surface area contributed by atoms with E-state index in [1.54, 1.807) is 38.1 Å². The Labute approximate surface area is 106 Å². The second-order valence-corrected chi connectivity index (χ2v) is 4.01. The summed E-state index contributed by atoms with van der Waals surface area (Å²) in [6, 6.07) is 8.79. The molecule has 18 heavy (non-hydrogen) atoms. The fourth-order valence-corrected chi connectivity index (χ4v) is 1.21. The van der Waals surface area contributed by atoms with Crippen molar-refractivity contribution in [3.63, 3.8) is 0 Å². The lowest BCUT2D eigenvalue weighted by atomic mass is 10.2. The quantitative estimate of drug-likeness (QED) is 0.470. The van der Waals surface area contributed by atoms with Crippen LogP contribution >= 0.6 is 0 Å². The molecule has 0 spiro atoms. The Kier molecular flexibility index (Phi) is 5.32. The molecule has 1 rings (SSSR count). The zero-order valence-corrected chi connectivity index (χ0v) is 10.4. The van der Waals surface area contributed by atoms with Crippen LogP contribution < -0.4 is 0 Å². The first kappa shape index (κ1) is 14.2. The molecule has 0 aliphatic heterocycles. The lowest BCUT2D eigenvalue weighted by Crippen LogP contribution is -2.31. The summed E-state index contributed by atoms with van der Waals surface area (Å²) in [5.74, 6) is -0.835. The van der Waals surface area contributed by atoms with E-state index in [0.29, 0.717) is 5.56 Å². The number of rotatable bonds is 5. The van der Waals surface area contributed by atoms with Crippen LogP contribution in [-0.2, 0) is 14.3 Å². The Morgan fingerprint density at radius 1 is 1.33 bits per heavy atom. The maximum absolute atomic E-state index is 11.3. The lowest BCUT2D eigenvalue weighted by molar-refractivity contribution is -0.159. The highest BCUT2D eigenvalue weighted by Crippen LogP contribution is 2.02. The maximum atomic E-state index is 11.3. The van der Waals surface area contributed by atoms with E-state index in [1.165, 1.54) is 0 Å². The summed E-state index contributed by atoms with van der Waals surface area (Å²) in [6.07, 6.45) is -1.67. The molecule has 0 heterocycles. The van der Waals surface area contributed by atoms with Gasteiger partial charge in [-0.1, -0.05) is 18.2 Å². The third-order valence-corrected chi connectivity index (χ3v) is 2.05. The van der Waals surface area contributed by atoms with Gasteiger partial charge in [-0.15, -0.1) is 0 Å². The van der Waals surface area contributed by atoms with Crippen molar-refractivity contribution in [2.75, 3.05) is 6.61 Å². The molecule has 0 aliphatic rings. The highest BCUT2D eigenvalue weighted by Gasteiger charge is 2.19. The van der Waals surface area contributed by atoms with E-state index in [9.17, 15) is 9.90 Å². The van der Waals surface area contributed by atoms with Gasteiger partial charge in [-0.3, -0.25) is 5.41 Å². The monoisotopic (exact) mass is 251 g/mol. The summed E-state index contributed by atoms with van der Waals surface area (Å²) in [4.78, 5) is 11.3. The minimum atomic E-state index is -1.38. The molecule has 5 heteroatoms. The standard InChI is InChI=1S/C13H17NO4/c1-9(2)18-13(16)11(15)8-17-12(14)10-6-4-3-5-7-10/h3-7,9,11,14-15H,8H2,1-2H3. The largest absolute Gasteiger partial charge is 0.474 e. The Morgan fingerprint density at radius 2 is 1.94 bits per heavy atom. The van der Waals surface area contributed by atoms with E-state index in [-0.39, 0.29) is 18.6 Å². The summed E-state index contributed by atoms with van der Waals surface area (Å²) >= 11 is 0. The predicted molar refractivity (Wildman–Crippen MR) is 66.5 cm³/mol. The number of nitrogens with one attached hydrogen (secondary N) is 1. The van der Waals surface area contributed by atoms with Crippen LogP contribution in [0.25, 0.3) is 0 Å². The SMILES string of the molecule is CC(C)OC(=O)C(O)COC(=N)c1ccccc1. The van der Waals surface area contributed by atoms with Crippen LogP contribution in [-0.4, -0.2) is 35.8 Å². The van der Waals surface area contributed by atoms with Gasteiger partial charge in [-0.2, -0.15) is 0 Å². The second kappa shape index (κ2) is 6.76. The van der Waals surface area contributed by atoms with Crippen molar-refractivity contribution >= 4 is 11.9 Å². The molecule has 0 saturated heterocycles. The van der Waals surface area contributed by atoms with E-state index >= 15 is 0 Å². The highest BCUT2D eigenvalue weighted by atomic mass is 16.6. The van der Waals surface area contributed by atoms with Crippen molar-refractivity contribution in [3.05, 3.63) is 35.9 Å². The molecular formula is C13H17NO4. The Bertz CT molecular complexity index is 403. The van der Waals surface area contributed by atoms with Crippen molar-refractivity contribution in [1.29, 1.82) is 5.41 Å². The predicted octanol–water partition coefficient (Wildman–Crippen LogP) is 1.34. The first-order valence-electron chi connectivity index (χ1n) is 5.66. The molecule has 0 radical (unpaired) electrons. The van der Waals surface area contributed by atoms with Gasteiger partial charge in [0.15, 0.2) is 6.10 Å². The molecule has 1 aromatic carbocycles. The van der Waals surface area contributed by atoms with Crippen LogP contribution in [0.15, 0.2) is 30.3 Å². The number of ether oxygens (including phenoxy) is 2. The molecule has 0 aliphatic carbocycles. The minimum Gasteiger partial charge on any atom is -0.474 e. The number of esters is 1. The smallest absolute Gasteiger partial charge is 0.338 e. The molecule has 1 unspecified atom stereocenters. The molecule has 1 aromatic rings. The van der Waals surface area contributed by atoms with E-state index in [4.69, 9.17) is 14.9 Å². The van der Waals surface area contributed by atoms with Gasteiger partial charge in [0.25, 0.3) is 0 Å². The summed E-state index contributed by atoms with van der Waals surface area (Å²) in [7, 11) is 0. The van der Waals surface area contributed by atoms with Gasteiger partial charge in [0.05, 0.1) is 6.10 Å². The van der Waals surface area contributed by atoms with Crippen LogP contribution in [0.2, 0.25) is 0 Å². The number of aliphatic hydroxyl groups excluding tert-OH is 1. The average Bonchev–Trinajstić information content (AvgIpc) is 2.35. The minimum absolute atomic E-state index is 0.0907. The highest BCUT2D eigenvalue weighted by molar-refractivity contribution is 5.91. The molecule has 1 atom stereocenters. The fourth-order valence-electron chi connectivity index (χ4n) is 1.21. The molecule has 5 nitrogen and oxygen atoms in total. The normalized spacial score (nSPS) is 12.0. The van der Waals surface area contributed by atoms with Gasteiger partial charge < -0.3 is 14.6 Å². The Hall–Kier alpha value is -1.88. The number of hydrogen-bond donors (Lipinski definition) is 2. The van der Waals surface area contributed by atoms with Crippen LogP contribution in [0, 0.1) is 5.41 Å². The molecular weight excluding hydrogens is 234 g/mol. The van der Waals surface area contributed by atoms with Crippen LogP contribution in [0.1, 0.15) is 19.4 Å². The first-order valence-corrected chi connectivity index (χ1v) is 5.66. The number of benzene rings is 1. The van der Waals surface area contributed by atoms with Crippen molar-refractivity contribution in [2.24, 2.45) is 0 Å². The zero-order chi connectivity index (χ0) is 13.5. The number of hydrogen-bond acceptors (Lipinski definition) is 5. The summed E-state index contributed by atoms with van der Waals surface area (Å²) in [6.45, 7) is 3.09. The Morgan fingerprint density at radius 3 is 2.50 bits per heavy atom. The molecule has 0 fully saturated rings. The van der Waals surface area contributed by atoms with Crippen LogP contribution in [0.5, 0.6) is 0 Å². The van der Waals surface area contributed by atoms with Gasteiger partial charge in [-0.25, -0.2) is 4.79 Å². The van der Waals surface area contributed by atoms with Crippen molar-refractivity contribution in [3.8, 4) is 0 Å². The number of carbonyl (C=O) groups excluding carboxylic acids is 1. The van der Waals surface area contributed by atoms with Crippen molar-refractivity contribution in [2.45, 2.75) is 26.1 Å². The number of aliphatic hydroxyl groups is 1. The molecule has 2 N–H and O–H groups in total. The van der Waals surface area contributed by atoms with E-state index in [0.717, 1.165) is 0 Å². The van der Waals surface area contributed by atoms with Crippen LogP contribution in [0.3, 0.4) is 0 Å². The average molecular weight is 251 g/mol. The third kappa shape index (κ3) is 4.55. The molecule has 0 bridgehead atoms. The maximum Gasteiger partial charge on any atom is 0.338 e. The lowest BCUT2D eigenvalue weighted by Gasteiger charge is -2.14. The molecule has 98 valence electrons. The molecule has 0 amide bonds. The zero-order valence-electron chi connectivity index (χ0n) is 10.4. The number of carbonyl (C=O) groups is 1. The molecule has 0 aromatic heterocycles. The van der Waals surface area contributed by atoms with Crippen molar-refractivity contribution < 1.29 is 19.4 Å². The molecule has 0 saturated carbocycles. The van der Waals surface area contributed by atoms with Gasteiger partial charge in [-0.05, 0) is 26.0 Å². The first-order chi connectivity index (χ1) is 8.50. The third-order valence-electron chi connectivity index (χ3n) is 2.05.